The summed E-state index contributed by atoms with van der Waals surface area (Å²) in [6.45, 7) is 15.6. The van der Waals surface area contributed by atoms with E-state index in [9.17, 15) is 14.4 Å². The third-order valence-electron chi connectivity index (χ3n) is 8.15. The smallest absolute Gasteiger partial charge is 0.408 e. The van der Waals surface area contributed by atoms with Crippen LogP contribution in [-0.2, 0) is 14.3 Å². The highest BCUT2D eigenvalue weighted by atomic mass is 16.6. The fourth-order valence-corrected chi connectivity index (χ4v) is 5.35. The van der Waals surface area contributed by atoms with Gasteiger partial charge < -0.3 is 20.3 Å². The molecular weight excluding hydrogens is 478 g/mol. The second kappa shape index (κ2) is 12.5. The standard InChI is InChI=1S/C31H49N3O4/c1-9-19(2)26(33-30(37)38-31(6,7)8)29(36)34(25-18-22(25)5)27(23-16-15-20(3)21(4)17-23)28(35)32-24-13-11-10-12-14-24/h15-17,19,22,24-27H,9-14,18H2,1-8H3,(H,32,35)(H,33,37). The Hall–Kier alpha value is -2.57. The van der Waals surface area contributed by atoms with E-state index >= 15 is 0 Å². The Bertz CT molecular complexity index is 995. The maximum Gasteiger partial charge on any atom is 0.408 e. The van der Waals surface area contributed by atoms with E-state index in [1.54, 1.807) is 25.7 Å². The lowest BCUT2D eigenvalue weighted by molar-refractivity contribution is -0.144. The van der Waals surface area contributed by atoms with Gasteiger partial charge in [0.2, 0.25) is 11.8 Å². The van der Waals surface area contributed by atoms with Crippen molar-refractivity contribution in [1.29, 1.82) is 0 Å². The highest BCUT2D eigenvalue weighted by Gasteiger charge is 2.49. The SMILES string of the molecule is CCC(C)C(NC(=O)OC(C)(C)C)C(=O)N(C(C(=O)NC1CCCCC1)c1ccc(C)c(C)c1)C1CC1C. The molecule has 2 saturated carbocycles. The third kappa shape index (κ3) is 7.73. The summed E-state index contributed by atoms with van der Waals surface area (Å²) in [4.78, 5) is 43.0. The number of rotatable bonds is 9. The zero-order valence-electron chi connectivity index (χ0n) is 24.7. The molecule has 38 heavy (non-hydrogen) atoms. The molecule has 0 radical (unpaired) electrons. The number of nitrogens with one attached hydrogen (secondary N) is 2. The van der Waals surface area contributed by atoms with Crippen molar-refractivity contribution < 1.29 is 19.1 Å². The Morgan fingerprint density at radius 1 is 1.08 bits per heavy atom. The van der Waals surface area contributed by atoms with Crippen LogP contribution in [0.25, 0.3) is 0 Å². The lowest BCUT2D eigenvalue weighted by atomic mass is 9.93. The molecule has 0 heterocycles. The molecule has 7 nitrogen and oxygen atoms in total. The average Bonchev–Trinajstić information content (AvgIpc) is 3.57. The zero-order chi connectivity index (χ0) is 28.2. The van der Waals surface area contributed by atoms with E-state index < -0.39 is 23.8 Å². The van der Waals surface area contributed by atoms with Gasteiger partial charge in [0.25, 0.3) is 0 Å². The molecule has 1 aromatic rings. The summed E-state index contributed by atoms with van der Waals surface area (Å²) in [6.07, 6.45) is 6.27. The highest BCUT2D eigenvalue weighted by Crippen LogP contribution is 2.41. The predicted octanol–water partition coefficient (Wildman–Crippen LogP) is 5.97. The van der Waals surface area contributed by atoms with Crippen molar-refractivity contribution in [1.82, 2.24) is 15.5 Å². The van der Waals surface area contributed by atoms with E-state index in [-0.39, 0.29) is 35.7 Å². The van der Waals surface area contributed by atoms with Crippen LogP contribution in [0.3, 0.4) is 0 Å². The summed E-state index contributed by atoms with van der Waals surface area (Å²) in [5, 5.41) is 6.16. The molecular formula is C31H49N3O4. The van der Waals surface area contributed by atoms with Gasteiger partial charge in [-0.3, -0.25) is 9.59 Å². The van der Waals surface area contributed by atoms with Gasteiger partial charge in [0.1, 0.15) is 17.7 Å². The van der Waals surface area contributed by atoms with Crippen molar-refractivity contribution in [2.24, 2.45) is 11.8 Å². The molecule has 0 aliphatic heterocycles. The minimum Gasteiger partial charge on any atom is -0.444 e. The normalized spacial score (nSPS) is 22.1. The molecule has 2 N–H and O–H groups in total. The summed E-state index contributed by atoms with van der Waals surface area (Å²) in [5.74, 6) is -0.197. The monoisotopic (exact) mass is 527 g/mol. The second-order valence-corrected chi connectivity index (χ2v) is 12.6. The van der Waals surface area contributed by atoms with Gasteiger partial charge in [-0.25, -0.2) is 4.79 Å². The van der Waals surface area contributed by atoms with E-state index in [2.05, 4.69) is 17.6 Å². The Balaban J connectivity index is 2.01. The number of carbonyl (C=O) groups excluding carboxylic acids is 3. The van der Waals surface area contributed by atoms with Gasteiger partial charge in [0.05, 0.1) is 0 Å². The molecule has 3 amide bonds. The van der Waals surface area contributed by atoms with Crippen LogP contribution in [-0.4, -0.2) is 46.5 Å². The van der Waals surface area contributed by atoms with Crippen LogP contribution in [0.15, 0.2) is 18.2 Å². The second-order valence-electron chi connectivity index (χ2n) is 12.6. The van der Waals surface area contributed by atoms with Crippen LogP contribution < -0.4 is 10.6 Å². The first-order valence-corrected chi connectivity index (χ1v) is 14.5. The van der Waals surface area contributed by atoms with Gasteiger partial charge in [-0.15, -0.1) is 0 Å². The largest absolute Gasteiger partial charge is 0.444 e. The molecule has 7 heteroatoms. The van der Waals surface area contributed by atoms with E-state index in [1.165, 1.54) is 6.42 Å². The first kappa shape index (κ1) is 30.0. The Morgan fingerprint density at radius 2 is 1.71 bits per heavy atom. The molecule has 2 aliphatic rings. The lowest BCUT2D eigenvalue weighted by Gasteiger charge is -2.37. The Morgan fingerprint density at radius 3 is 2.24 bits per heavy atom. The molecule has 5 unspecified atom stereocenters. The maximum atomic E-state index is 14.4. The van der Waals surface area contributed by atoms with E-state index in [0.717, 1.165) is 48.8 Å². The van der Waals surface area contributed by atoms with Gasteiger partial charge in [0, 0.05) is 12.1 Å². The van der Waals surface area contributed by atoms with Crippen molar-refractivity contribution in [3.05, 3.63) is 34.9 Å². The molecule has 5 atom stereocenters. The number of amides is 3. The van der Waals surface area contributed by atoms with Gasteiger partial charge in [-0.05, 0) is 82.4 Å². The average molecular weight is 528 g/mol. The summed E-state index contributed by atoms with van der Waals surface area (Å²) in [7, 11) is 0. The fraction of sp³-hybridized carbons (Fsp3) is 0.710. The topological polar surface area (TPSA) is 87.7 Å². The number of hydrogen-bond acceptors (Lipinski definition) is 4. The summed E-state index contributed by atoms with van der Waals surface area (Å²) >= 11 is 0. The van der Waals surface area contributed by atoms with E-state index in [4.69, 9.17) is 4.74 Å². The van der Waals surface area contributed by atoms with Crippen LogP contribution in [0, 0.1) is 25.7 Å². The maximum absolute atomic E-state index is 14.4. The van der Waals surface area contributed by atoms with E-state index in [1.807, 2.05) is 45.9 Å². The van der Waals surface area contributed by atoms with Crippen LogP contribution in [0.5, 0.6) is 0 Å². The van der Waals surface area contributed by atoms with Crippen LogP contribution in [0.4, 0.5) is 4.79 Å². The molecule has 2 aliphatic carbocycles. The van der Waals surface area contributed by atoms with Gasteiger partial charge in [-0.2, -0.15) is 0 Å². The molecule has 0 saturated heterocycles. The Kier molecular flexibility index (Phi) is 9.88. The molecule has 1 aromatic carbocycles. The predicted molar refractivity (Wildman–Crippen MR) is 151 cm³/mol. The zero-order valence-corrected chi connectivity index (χ0v) is 24.7. The molecule has 0 aromatic heterocycles. The first-order valence-electron chi connectivity index (χ1n) is 14.5. The highest BCUT2D eigenvalue weighted by molar-refractivity contribution is 5.93. The third-order valence-corrected chi connectivity index (χ3v) is 8.15. The van der Waals surface area contributed by atoms with Crippen molar-refractivity contribution in [3.63, 3.8) is 0 Å². The summed E-state index contributed by atoms with van der Waals surface area (Å²) in [5.41, 5.74) is 2.36. The first-order chi connectivity index (χ1) is 17.8. The van der Waals surface area contributed by atoms with Crippen molar-refractivity contribution in [2.45, 2.75) is 130 Å². The lowest BCUT2D eigenvalue weighted by Crippen LogP contribution is -2.56. The number of alkyl carbamates (subject to hydrolysis) is 1. The molecule has 0 spiro atoms. The summed E-state index contributed by atoms with van der Waals surface area (Å²) in [6, 6.07) is 4.55. The van der Waals surface area contributed by atoms with Gasteiger partial charge in [-0.1, -0.05) is 64.7 Å². The quantitative estimate of drug-likeness (QED) is 0.414. The van der Waals surface area contributed by atoms with Gasteiger partial charge >= 0.3 is 6.09 Å². The van der Waals surface area contributed by atoms with Gasteiger partial charge in [0.15, 0.2) is 0 Å². The molecule has 0 bridgehead atoms. The van der Waals surface area contributed by atoms with Crippen LogP contribution in [0.1, 0.15) is 109 Å². The fourth-order valence-electron chi connectivity index (χ4n) is 5.35. The number of nitrogens with zero attached hydrogens (tertiary/aromatic N) is 1. The number of ether oxygens (including phenoxy) is 1. The molecule has 212 valence electrons. The van der Waals surface area contributed by atoms with Crippen molar-refractivity contribution in [2.75, 3.05) is 0 Å². The summed E-state index contributed by atoms with van der Waals surface area (Å²) < 4.78 is 5.51. The minimum atomic E-state index is -0.792. The van der Waals surface area contributed by atoms with Crippen LogP contribution in [0.2, 0.25) is 0 Å². The van der Waals surface area contributed by atoms with Crippen LogP contribution >= 0.6 is 0 Å². The Labute approximate surface area is 229 Å². The van der Waals surface area contributed by atoms with Crippen molar-refractivity contribution >= 4 is 17.9 Å². The molecule has 2 fully saturated rings. The minimum absolute atomic E-state index is 0.0572. The molecule has 3 rings (SSSR count). The number of carbonyl (C=O) groups is 3. The number of aryl methyl sites for hydroxylation is 2. The number of benzene rings is 1. The van der Waals surface area contributed by atoms with E-state index in [0.29, 0.717) is 6.42 Å². The van der Waals surface area contributed by atoms with Crippen molar-refractivity contribution in [3.8, 4) is 0 Å². The number of hydrogen-bond donors (Lipinski definition) is 2.